The minimum Gasteiger partial charge on any atom is -0.480 e. The number of carbonyl (C=O) groups excluding carboxylic acids is 1. The van der Waals surface area contributed by atoms with E-state index >= 15 is 0 Å². The molecule has 1 rings (SSSR count). The Morgan fingerprint density at radius 1 is 1.52 bits per heavy atom. The summed E-state index contributed by atoms with van der Waals surface area (Å²) in [5, 5.41) is 12.0. The van der Waals surface area contributed by atoms with Crippen LogP contribution in [0.25, 0.3) is 0 Å². The van der Waals surface area contributed by atoms with Crippen LogP contribution in [0.5, 0.6) is 0 Å². The van der Waals surface area contributed by atoms with Crippen molar-refractivity contribution in [1.29, 1.82) is 0 Å². The van der Waals surface area contributed by atoms with Gasteiger partial charge in [0, 0.05) is 9.22 Å². The third-order valence-corrected chi connectivity index (χ3v) is 5.01. The first kappa shape index (κ1) is 18.3. The second-order valence-corrected chi connectivity index (χ2v) is 7.83. The predicted octanol–water partition coefficient (Wildman–Crippen LogP) is 2.96. The van der Waals surface area contributed by atoms with E-state index in [2.05, 4.69) is 21.2 Å². The second-order valence-electron chi connectivity index (χ2n) is 4.88. The largest absolute Gasteiger partial charge is 0.480 e. The quantitative estimate of drug-likeness (QED) is 0.688. The van der Waals surface area contributed by atoms with E-state index in [1.54, 1.807) is 32.0 Å². The standard InChI is InChI=1S/C13H16BrClN2O3S/c1-13(2,11(16)12(19)20)21-6-10(18)17-9-4-3-7(14)5-8(9)15/h3-5,11H,6,16H2,1-2H3,(H,17,18)(H,19,20)/t11-/m1/s1. The number of carboxylic acids is 1. The lowest BCUT2D eigenvalue weighted by Crippen LogP contribution is -2.47. The molecule has 0 saturated heterocycles. The summed E-state index contributed by atoms with van der Waals surface area (Å²) in [6, 6.07) is 4.07. The summed E-state index contributed by atoms with van der Waals surface area (Å²) in [4.78, 5) is 22.8. The van der Waals surface area contributed by atoms with Crippen LogP contribution in [0.3, 0.4) is 0 Å². The van der Waals surface area contributed by atoms with Gasteiger partial charge < -0.3 is 16.2 Å². The summed E-state index contributed by atoms with van der Waals surface area (Å²) in [6.45, 7) is 3.38. The maximum atomic E-state index is 11.9. The molecular formula is C13H16BrClN2O3S. The summed E-state index contributed by atoms with van der Waals surface area (Å²) in [6.07, 6.45) is 0. The Hall–Kier alpha value is -0.760. The topological polar surface area (TPSA) is 92.4 Å². The van der Waals surface area contributed by atoms with Gasteiger partial charge in [-0.2, -0.15) is 0 Å². The minimum atomic E-state index is -1.09. The number of hydrogen-bond donors (Lipinski definition) is 3. The molecule has 0 aliphatic heterocycles. The first-order chi connectivity index (χ1) is 9.63. The number of benzene rings is 1. The van der Waals surface area contributed by atoms with Gasteiger partial charge in [0.15, 0.2) is 0 Å². The molecule has 8 heteroatoms. The number of anilines is 1. The Balaban J connectivity index is 2.60. The van der Waals surface area contributed by atoms with E-state index in [1.807, 2.05) is 0 Å². The Kier molecular flexibility index (Phi) is 6.52. The lowest BCUT2D eigenvalue weighted by atomic mass is 10.1. The van der Waals surface area contributed by atoms with E-state index < -0.39 is 16.8 Å². The van der Waals surface area contributed by atoms with Gasteiger partial charge in [-0.15, -0.1) is 11.8 Å². The molecular weight excluding hydrogens is 380 g/mol. The number of aliphatic carboxylic acids is 1. The zero-order chi connectivity index (χ0) is 16.2. The van der Waals surface area contributed by atoms with Gasteiger partial charge in [-0.1, -0.05) is 27.5 Å². The van der Waals surface area contributed by atoms with Crippen LogP contribution in [0, 0.1) is 0 Å². The van der Waals surface area contributed by atoms with Crippen LogP contribution in [-0.2, 0) is 9.59 Å². The van der Waals surface area contributed by atoms with E-state index in [9.17, 15) is 9.59 Å². The SMILES string of the molecule is CC(C)(SCC(=O)Nc1ccc(Br)cc1Cl)[C@H](N)C(=O)O. The summed E-state index contributed by atoms with van der Waals surface area (Å²) in [7, 11) is 0. The molecule has 0 aliphatic carbocycles. The molecule has 0 saturated carbocycles. The average Bonchev–Trinajstić information content (AvgIpc) is 2.39. The molecule has 0 radical (unpaired) electrons. The molecule has 116 valence electrons. The van der Waals surface area contributed by atoms with Crippen molar-refractivity contribution in [1.82, 2.24) is 0 Å². The minimum absolute atomic E-state index is 0.0837. The van der Waals surface area contributed by atoms with Gasteiger partial charge in [-0.05, 0) is 32.0 Å². The van der Waals surface area contributed by atoms with Crippen molar-refractivity contribution in [2.75, 3.05) is 11.1 Å². The van der Waals surface area contributed by atoms with E-state index in [0.29, 0.717) is 10.7 Å². The van der Waals surface area contributed by atoms with Gasteiger partial charge >= 0.3 is 5.97 Å². The van der Waals surface area contributed by atoms with Crippen LogP contribution >= 0.6 is 39.3 Å². The van der Waals surface area contributed by atoms with Crippen LogP contribution in [0.15, 0.2) is 22.7 Å². The molecule has 0 aromatic heterocycles. The molecule has 21 heavy (non-hydrogen) atoms. The fraction of sp³-hybridized carbons (Fsp3) is 0.385. The van der Waals surface area contributed by atoms with Gasteiger partial charge in [0.2, 0.25) is 5.91 Å². The highest BCUT2D eigenvalue weighted by Crippen LogP contribution is 2.29. The van der Waals surface area contributed by atoms with Crippen LogP contribution in [0.1, 0.15) is 13.8 Å². The summed E-state index contributed by atoms with van der Waals surface area (Å²) < 4.78 is 0.0561. The highest BCUT2D eigenvalue weighted by Gasteiger charge is 2.33. The molecule has 1 amide bonds. The monoisotopic (exact) mass is 394 g/mol. The molecule has 0 bridgehead atoms. The lowest BCUT2D eigenvalue weighted by Gasteiger charge is -2.27. The fourth-order valence-electron chi connectivity index (χ4n) is 1.42. The highest BCUT2D eigenvalue weighted by atomic mass is 79.9. The Labute approximate surface area is 140 Å². The van der Waals surface area contributed by atoms with Gasteiger partial charge in [0.1, 0.15) is 6.04 Å². The summed E-state index contributed by atoms with van der Waals surface area (Å²) in [5.74, 6) is -1.28. The maximum Gasteiger partial charge on any atom is 0.321 e. The highest BCUT2D eigenvalue weighted by molar-refractivity contribution is 9.10. The zero-order valence-corrected chi connectivity index (χ0v) is 14.7. The molecule has 1 aromatic rings. The van der Waals surface area contributed by atoms with Crippen molar-refractivity contribution in [3.05, 3.63) is 27.7 Å². The number of carbonyl (C=O) groups is 2. The van der Waals surface area contributed by atoms with E-state index in [1.165, 1.54) is 11.8 Å². The Bertz CT molecular complexity index is 554. The zero-order valence-electron chi connectivity index (χ0n) is 11.5. The van der Waals surface area contributed by atoms with Gasteiger partial charge in [0.25, 0.3) is 0 Å². The van der Waals surface area contributed by atoms with Crippen molar-refractivity contribution in [2.45, 2.75) is 24.6 Å². The number of nitrogens with one attached hydrogen (secondary N) is 1. The first-order valence-electron chi connectivity index (χ1n) is 6.00. The number of carboxylic acid groups (broad SMARTS) is 1. The summed E-state index contributed by atoms with van der Waals surface area (Å²) >= 11 is 10.5. The predicted molar refractivity (Wildman–Crippen MR) is 89.9 cm³/mol. The normalized spacial score (nSPS) is 12.8. The van der Waals surface area contributed by atoms with Crippen LogP contribution in [0.2, 0.25) is 5.02 Å². The third kappa shape index (κ3) is 5.50. The van der Waals surface area contributed by atoms with Gasteiger partial charge in [-0.25, -0.2) is 0 Å². The fourth-order valence-corrected chi connectivity index (χ4v) is 2.99. The van der Waals surface area contributed by atoms with E-state index in [0.717, 1.165) is 4.47 Å². The molecule has 4 N–H and O–H groups in total. The molecule has 0 spiro atoms. The Morgan fingerprint density at radius 2 is 2.14 bits per heavy atom. The van der Waals surface area contributed by atoms with Crippen molar-refractivity contribution >= 4 is 56.9 Å². The number of hydrogen-bond acceptors (Lipinski definition) is 4. The molecule has 5 nitrogen and oxygen atoms in total. The van der Waals surface area contributed by atoms with Gasteiger partial charge in [-0.3, -0.25) is 9.59 Å². The molecule has 0 unspecified atom stereocenters. The number of thioether (sulfide) groups is 1. The van der Waals surface area contributed by atoms with Crippen molar-refractivity contribution < 1.29 is 14.7 Å². The number of halogens is 2. The van der Waals surface area contributed by atoms with Crippen molar-refractivity contribution in [2.24, 2.45) is 5.73 Å². The number of amides is 1. The second kappa shape index (κ2) is 7.49. The molecule has 0 fully saturated rings. The lowest BCUT2D eigenvalue weighted by molar-refractivity contribution is -0.139. The first-order valence-corrected chi connectivity index (χ1v) is 8.16. The number of nitrogens with two attached hydrogens (primary N) is 1. The Morgan fingerprint density at radius 3 is 2.67 bits per heavy atom. The average molecular weight is 396 g/mol. The molecule has 1 atom stereocenters. The van der Waals surface area contributed by atoms with Crippen molar-refractivity contribution in [3.8, 4) is 0 Å². The maximum absolute atomic E-state index is 11.9. The molecule has 0 aliphatic rings. The third-order valence-electron chi connectivity index (χ3n) is 2.80. The van der Waals surface area contributed by atoms with Gasteiger partial charge in [0.05, 0.1) is 16.5 Å². The van der Waals surface area contributed by atoms with Crippen LogP contribution in [-0.4, -0.2) is 33.5 Å². The molecule has 0 heterocycles. The van der Waals surface area contributed by atoms with Crippen LogP contribution in [0.4, 0.5) is 5.69 Å². The molecule has 1 aromatic carbocycles. The van der Waals surface area contributed by atoms with E-state index in [-0.39, 0.29) is 11.7 Å². The smallest absolute Gasteiger partial charge is 0.321 e. The summed E-state index contributed by atoms with van der Waals surface area (Å²) in [5.41, 5.74) is 6.10. The van der Waals surface area contributed by atoms with E-state index in [4.69, 9.17) is 22.4 Å². The van der Waals surface area contributed by atoms with Crippen LogP contribution < -0.4 is 11.1 Å². The van der Waals surface area contributed by atoms with Crippen molar-refractivity contribution in [3.63, 3.8) is 0 Å². The number of rotatable bonds is 6.